The fourth-order valence-corrected chi connectivity index (χ4v) is 6.74. The van der Waals surface area contributed by atoms with E-state index in [-0.39, 0.29) is 30.9 Å². The van der Waals surface area contributed by atoms with Crippen molar-refractivity contribution in [3.05, 3.63) is 60.2 Å². The monoisotopic (exact) mass is 522 g/mol. The third-order valence-electron chi connectivity index (χ3n) is 8.83. The van der Waals surface area contributed by atoms with Crippen LogP contribution >= 0.6 is 0 Å². The molecule has 204 valence electrons. The number of fused-ring (bicyclic) bond motifs is 2. The van der Waals surface area contributed by atoms with Gasteiger partial charge in [0.2, 0.25) is 11.8 Å². The Balaban J connectivity index is 1.64. The summed E-state index contributed by atoms with van der Waals surface area (Å²) in [5.41, 5.74) is -1.50. The molecule has 38 heavy (non-hydrogen) atoms. The first kappa shape index (κ1) is 26.6. The average molecular weight is 523 g/mol. The molecular weight excluding hydrogens is 484 g/mol. The average Bonchev–Trinajstić information content (AvgIpc) is 3.26. The molecule has 2 amide bonds. The number of rotatable bonds is 6. The SMILES string of the molecule is CC[C@H](C)[C@H](CO)N1C(=O)[C@@H]2[C@@H]3C(=O)OCCC/C=C\[C@]3(C)O[C@@]23C=CCN(Cc2ccccc2)C(=O)C13. The van der Waals surface area contributed by atoms with Crippen LogP contribution in [0.15, 0.2) is 54.6 Å². The van der Waals surface area contributed by atoms with Gasteiger partial charge in [0.25, 0.3) is 0 Å². The zero-order valence-electron chi connectivity index (χ0n) is 22.4. The van der Waals surface area contributed by atoms with Crippen molar-refractivity contribution in [2.45, 2.75) is 69.9 Å². The maximum atomic E-state index is 14.4. The molecule has 8 heteroatoms. The van der Waals surface area contributed by atoms with Gasteiger partial charge >= 0.3 is 5.97 Å². The molecule has 0 radical (unpaired) electrons. The highest BCUT2D eigenvalue weighted by molar-refractivity contribution is 5.99. The van der Waals surface area contributed by atoms with E-state index in [1.807, 2.05) is 75.4 Å². The predicted molar refractivity (Wildman–Crippen MR) is 140 cm³/mol. The van der Waals surface area contributed by atoms with E-state index < -0.39 is 41.1 Å². The molecule has 0 aromatic heterocycles. The van der Waals surface area contributed by atoms with E-state index in [1.54, 1.807) is 4.90 Å². The Bertz CT molecular complexity index is 1130. The number of aliphatic hydroxyl groups is 1. The molecule has 2 fully saturated rings. The molecule has 1 unspecified atom stereocenters. The van der Waals surface area contributed by atoms with E-state index in [0.29, 0.717) is 25.9 Å². The minimum absolute atomic E-state index is 0.0683. The van der Waals surface area contributed by atoms with Crippen molar-refractivity contribution in [1.29, 1.82) is 0 Å². The van der Waals surface area contributed by atoms with Gasteiger partial charge in [-0.2, -0.15) is 0 Å². The number of allylic oxidation sites excluding steroid dienone is 1. The van der Waals surface area contributed by atoms with Gasteiger partial charge in [0.05, 0.1) is 30.8 Å². The number of hydrogen-bond acceptors (Lipinski definition) is 6. The van der Waals surface area contributed by atoms with Gasteiger partial charge in [-0.05, 0) is 31.2 Å². The Morgan fingerprint density at radius 1 is 1.08 bits per heavy atom. The van der Waals surface area contributed by atoms with E-state index in [4.69, 9.17) is 9.47 Å². The molecule has 8 nitrogen and oxygen atoms in total. The highest BCUT2D eigenvalue weighted by atomic mass is 16.6. The van der Waals surface area contributed by atoms with Crippen LogP contribution in [0.3, 0.4) is 0 Å². The second-order valence-electron chi connectivity index (χ2n) is 11.2. The molecular formula is C30H38N2O6. The molecule has 2 saturated heterocycles. The maximum Gasteiger partial charge on any atom is 0.313 e. The van der Waals surface area contributed by atoms with Crippen molar-refractivity contribution in [2.24, 2.45) is 17.8 Å². The molecule has 0 aliphatic carbocycles. The summed E-state index contributed by atoms with van der Waals surface area (Å²) >= 11 is 0. The number of aliphatic hydroxyl groups excluding tert-OH is 1. The number of hydrogen-bond donors (Lipinski definition) is 1. The van der Waals surface area contributed by atoms with Crippen LogP contribution in [-0.4, -0.2) is 75.7 Å². The zero-order valence-corrected chi connectivity index (χ0v) is 22.4. The van der Waals surface area contributed by atoms with Crippen LogP contribution in [0.5, 0.6) is 0 Å². The lowest BCUT2D eigenvalue weighted by Crippen LogP contribution is -2.59. The predicted octanol–water partition coefficient (Wildman–Crippen LogP) is 2.86. The van der Waals surface area contributed by atoms with Gasteiger partial charge in [0, 0.05) is 13.1 Å². The Morgan fingerprint density at radius 3 is 2.55 bits per heavy atom. The summed E-state index contributed by atoms with van der Waals surface area (Å²) in [5.74, 6) is -2.99. The molecule has 7 atom stereocenters. The fraction of sp³-hybridized carbons (Fsp3) is 0.567. The van der Waals surface area contributed by atoms with Crippen LogP contribution in [0.2, 0.25) is 0 Å². The molecule has 1 aromatic rings. The summed E-state index contributed by atoms with van der Waals surface area (Å²) < 4.78 is 12.4. The van der Waals surface area contributed by atoms with Crippen LogP contribution < -0.4 is 0 Å². The minimum Gasteiger partial charge on any atom is -0.465 e. The quantitative estimate of drug-likeness (QED) is 0.456. The van der Waals surface area contributed by atoms with Gasteiger partial charge in [0.15, 0.2) is 0 Å². The van der Waals surface area contributed by atoms with Crippen molar-refractivity contribution in [1.82, 2.24) is 9.80 Å². The number of carbonyl (C=O) groups excluding carboxylic acids is 3. The van der Waals surface area contributed by atoms with Crippen molar-refractivity contribution in [3.63, 3.8) is 0 Å². The number of ether oxygens (including phenoxy) is 2. The molecule has 4 aliphatic heterocycles. The van der Waals surface area contributed by atoms with Crippen molar-refractivity contribution in [2.75, 3.05) is 19.8 Å². The number of carbonyl (C=O) groups is 3. The van der Waals surface area contributed by atoms with Crippen LogP contribution in [0.4, 0.5) is 0 Å². The molecule has 4 heterocycles. The molecule has 1 aromatic carbocycles. The standard InChI is InChI=1S/C30H38N2O6/c1-4-20(2)22(19-33)32-25-27(35)31(18-21-12-7-5-8-13-21)16-11-15-30(25)23(26(32)34)24-28(36)37-17-10-6-9-14-29(24,3)38-30/h5,7-9,11-15,20,22-25,33H,4,6,10,16-19H2,1-3H3/b14-9-/t20-,22-,23-,24+,25?,29-,30-/m0/s1. The zero-order chi connectivity index (χ0) is 27.1. The topological polar surface area (TPSA) is 96.4 Å². The normalized spacial score (nSPS) is 35.3. The number of likely N-dealkylation sites (tertiary alicyclic amines) is 1. The van der Waals surface area contributed by atoms with E-state index >= 15 is 0 Å². The third-order valence-corrected chi connectivity index (χ3v) is 8.83. The van der Waals surface area contributed by atoms with E-state index in [9.17, 15) is 19.5 Å². The maximum absolute atomic E-state index is 14.4. The van der Waals surface area contributed by atoms with Crippen molar-refractivity contribution in [3.8, 4) is 0 Å². The summed E-state index contributed by atoms with van der Waals surface area (Å²) in [6.45, 7) is 6.47. The highest BCUT2D eigenvalue weighted by Crippen LogP contribution is 2.57. The van der Waals surface area contributed by atoms with Gasteiger partial charge in [-0.1, -0.05) is 74.9 Å². The second kappa shape index (κ2) is 10.3. The van der Waals surface area contributed by atoms with Gasteiger partial charge in [-0.15, -0.1) is 0 Å². The Morgan fingerprint density at radius 2 is 1.84 bits per heavy atom. The first-order valence-corrected chi connectivity index (χ1v) is 13.8. The Labute approximate surface area is 224 Å². The lowest BCUT2D eigenvalue weighted by molar-refractivity contribution is -0.162. The smallest absolute Gasteiger partial charge is 0.313 e. The largest absolute Gasteiger partial charge is 0.465 e. The number of benzene rings is 1. The molecule has 4 aliphatic rings. The highest BCUT2D eigenvalue weighted by Gasteiger charge is 2.75. The summed E-state index contributed by atoms with van der Waals surface area (Å²) in [7, 11) is 0. The van der Waals surface area contributed by atoms with Crippen LogP contribution in [-0.2, 0) is 30.4 Å². The van der Waals surface area contributed by atoms with Gasteiger partial charge < -0.3 is 24.4 Å². The van der Waals surface area contributed by atoms with Gasteiger partial charge in [-0.25, -0.2) is 0 Å². The Hall–Kier alpha value is -2.97. The molecule has 1 N–H and O–H groups in total. The van der Waals surface area contributed by atoms with Crippen LogP contribution in [0, 0.1) is 17.8 Å². The lowest BCUT2D eigenvalue weighted by Gasteiger charge is -2.41. The summed E-state index contributed by atoms with van der Waals surface area (Å²) in [6, 6.07) is 8.11. The van der Waals surface area contributed by atoms with Gasteiger partial charge in [0.1, 0.15) is 17.6 Å². The number of nitrogens with zero attached hydrogens (tertiary/aromatic N) is 2. The van der Waals surface area contributed by atoms with Gasteiger partial charge in [-0.3, -0.25) is 14.4 Å². The fourth-order valence-electron chi connectivity index (χ4n) is 6.74. The lowest BCUT2D eigenvalue weighted by atomic mass is 9.74. The number of cyclic esters (lactones) is 1. The minimum atomic E-state index is -1.36. The van der Waals surface area contributed by atoms with Crippen molar-refractivity contribution >= 4 is 17.8 Å². The van der Waals surface area contributed by atoms with E-state index in [2.05, 4.69) is 0 Å². The van der Waals surface area contributed by atoms with Crippen molar-refractivity contribution < 1.29 is 29.0 Å². The number of esters is 1. The summed E-state index contributed by atoms with van der Waals surface area (Å²) in [5, 5.41) is 10.5. The van der Waals surface area contributed by atoms with E-state index in [1.165, 1.54) is 4.90 Å². The van der Waals surface area contributed by atoms with Crippen LogP contribution in [0.1, 0.15) is 45.6 Å². The molecule has 0 bridgehead atoms. The second-order valence-corrected chi connectivity index (χ2v) is 11.2. The third kappa shape index (κ3) is 4.18. The molecule has 0 saturated carbocycles. The summed E-state index contributed by atoms with van der Waals surface area (Å²) in [4.78, 5) is 45.6. The molecule has 1 spiro atoms. The van der Waals surface area contributed by atoms with E-state index in [0.717, 1.165) is 12.0 Å². The Kier molecular flexibility index (Phi) is 7.22. The first-order chi connectivity index (χ1) is 18.3. The molecule has 5 rings (SSSR count). The number of amides is 2. The first-order valence-electron chi connectivity index (χ1n) is 13.8. The van der Waals surface area contributed by atoms with Crippen LogP contribution in [0.25, 0.3) is 0 Å². The summed E-state index contributed by atoms with van der Waals surface area (Å²) in [6.07, 6.45) is 9.69.